The second-order valence-corrected chi connectivity index (χ2v) is 7.69. The zero-order valence-electron chi connectivity index (χ0n) is 14.9. The molecule has 4 rings (SSSR count). The molecule has 3 aromatic rings. The number of thiophene rings is 1. The molecule has 5 nitrogen and oxygen atoms in total. The van der Waals surface area contributed by atoms with Crippen LogP contribution in [0.25, 0.3) is 11.1 Å². The minimum absolute atomic E-state index is 0.0772. The highest BCUT2D eigenvalue weighted by atomic mass is 32.1. The first-order valence-corrected chi connectivity index (χ1v) is 9.82. The van der Waals surface area contributed by atoms with E-state index < -0.39 is 23.9 Å². The van der Waals surface area contributed by atoms with Crippen LogP contribution >= 0.6 is 11.3 Å². The third kappa shape index (κ3) is 3.21. The third-order valence-electron chi connectivity index (χ3n) is 5.11. The topological polar surface area (TPSA) is 89.6 Å². The summed E-state index contributed by atoms with van der Waals surface area (Å²) in [5, 5.41) is 11.3. The van der Waals surface area contributed by atoms with Gasteiger partial charge in [-0.25, -0.2) is 0 Å². The highest BCUT2D eigenvalue weighted by Crippen LogP contribution is 2.44. The van der Waals surface area contributed by atoms with Crippen molar-refractivity contribution < 1.29 is 19.4 Å². The SMILES string of the molecule is N[C@@H](c1cccs1)[C@H](C(=O)O)C(=O)OCC1c2ccccc2-c2ccccc21. The number of esters is 1. The third-order valence-corrected chi connectivity index (χ3v) is 6.08. The quantitative estimate of drug-likeness (QED) is 0.491. The van der Waals surface area contributed by atoms with Crippen molar-refractivity contribution in [3.63, 3.8) is 0 Å². The molecule has 3 N–H and O–H groups in total. The van der Waals surface area contributed by atoms with Crippen LogP contribution in [-0.2, 0) is 14.3 Å². The number of aliphatic carboxylic acids is 1. The zero-order valence-corrected chi connectivity index (χ0v) is 15.8. The molecule has 0 saturated heterocycles. The van der Waals surface area contributed by atoms with Crippen molar-refractivity contribution in [2.24, 2.45) is 11.7 Å². The molecule has 0 radical (unpaired) electrons. The highest BCUT2D eigenvalue weighted by molar-refractivity contribution is 7.10. The maximum absolute atomic E-state index is 12.6. The van der Waals surface area contributed by atoms with Crippen LogP contribution in [0.2, 0.25) is 0 Å². The van der Waals surface area contributed by atoms with Crippen LogP contribution in [0.3, 0.4) is 0 Å². The predicted octanol–water partition coefficient (Wildman–Crippen LogP) is 3.80. The van der Waals surface area contributed by atoms with Crippen molar-refractivity contribution in [2.75, 3.05) is 6.61 Å². The van der Waals surface area contributed by atoms with Gasteiger partial charge >= 0.3 is 11.9 Å². The minimum Gasteiger partial charge on any atom is -0.481 e. The number of fused-ring (bicyclic) bond motifs is 3. The molecule has 28 heavy (non-hydrogen) atoms. The Hall–Kier alpha value is -2.96. The van der Waals surface area contributed by atoms with Crippen molar-refractivity contribution in [3.8, 4) is 11.1 Å². The van der Waals surface area contributed by atoms with E-state index in [1.807, 2.05) is 48.5 Å². The number of carbonyl (C=O) groups is 2. The van der Waals surface area contributed by atoms with E-state index in [9.17, 15) is 14.7 Å². The fourth-order valence-corrected chi connectivity index (χ4v) is 4.51. The molecule has 6 heteroatoms. The average molecular weight is 393 g/mol. The number of ether oxygens (including phenoxy) is 1. The van der Waals surface area contributed by atoms with Crippen molar-refractivity contribution in [2.45, 2.75) is 12.0 Å². The molecular weight excluding hydrogens is 374 g/mol. The maximum atomic E-state index is 12.6. The van der Waals surface area contributed by atoms with Gasteiger partial charge in [-0.2, -0.15) is 0 Å². The van der Waals surface area contributed by atoms with Crippen LogP contribution in [-0.4, -0.2) is 23.7 Å². The Kier molecular flexibility index (Phi) is 4.98. The van der Waals surface area contributed by atoms with E-state index in [0.717, 1.165) is 22.3 Å². The molecule has 1 aromatic heterocycles. The maximum Gasteiger partial charge on any atom is 0.322 e. The van der Waals surface area contributed by atoms with Crippen LogP contribution < -0.4 is 5.73 Å². The van der Waals surface area contributed by atoms with Crippen LogP contribution in [0.4, 0.5) is 0 Å². The van der Waals surface area contributed by atoms with Gasteiger partial charge < -0.3 is 15.6 Å². The summed E-state index contributed by atoms with van der Waals surface area (Å²) < 4.78 is 5.49. The molecule has 0 unspecified atom stereocenters. The molecule has 142 valence electrons. The van der Waals surface area contributed by atoms with Gasteiger partial charge in [0.1, 0.15) is 6.61 Å². The summed E-state index contributed by atoms with van der Waals surface area (Å²) in [6, 6.07) is 18.5. The summed E-state index contributed by atoms with van der Waals surface area (Å²) in [6.45, 7) is 0.0772. The van der Waals surface area contributed by atoms with E-state index in [0.29, 0.717) is 4.88 Å². The van der Waals surface area contributed by atoms with E-state index in [1.54, 1.807) is 17.5 Å². The lowest BCUT2D eigenvalue weighted by Gasteiger charge is -2.20. The van der Waals surface area contributed by atoms with E-state index in [-0.39, 0.29) is 12.5 Å². The number of hydrogen-bond donors (Lipinski definition) is 2. The fraction of sp³-hybridized carbons (Fsp3) is 0.182. The Labute approximate surface area is 166 Å². The van der Waals surface area contributed by atoms with Gasteiger partial charge in [0.05, 0.1) is 6.04 Å². The molecule has 0 bridgehead atoms. The first kappa shape index (κ1) is 18.4. The molecule has 0 saturated carbocycles. The summed E-state index contributed by atoms with van der Waals surface area (Å²) in [5.74, 6) is -3.65. The summed E-state index contributed by atoms with van der Waals surface area (Å²) in [7, 11) is 0. The van der Waals surface area contributed by atoms with Crippen LogP contribution in [0, 0.1) is 5.92 Å². The van der Waals surface area contributed by atoms with Gasteiger partial charge in [0.25, 0.3) is 0 Å². The average Bonchev–Trinajstić information content (AvgIpc) is 3.33. The van der Waals surface area contributed by atoms with Crippen molar-refractivity contribution in [1.82, 2.24) is 0 Å². The monoisotopic (exact) mass is 393 g/mol. The zero-order chi connectivity index (χ0) is 19.7. The number of benzene rings is 2. The lowest BCUT2D eigenvalue weighted by molar-refractivity contribution is -0.159. The molecule has 0 fully saturated rings. The van der Waals surface area contributed by atoms with E-state index in [2.05, 4.69) is 0 Å². The summed E-state index contributed by atoms with van der Waals surface area (Å²) in [4.78, 5) is 25.0. The Balaban J connectivity index is 1.55. The number of carboxylic acids is 1. The van der Waals surface area contributed by atoms with Crippen molar-refractivity contribution in [3.05, 3.63) is 82.0 Å². The number of hydrogen-bond acceptors (Lipinski definition) is 5. The van der Waals surface area contributed by atoms with Gasteiger partial charge in [-0.05, 0) is 33.7 Å². The van der Waals surface area contributed by atoms with Gasteiger partial charge in [0.15, 0.2) is 5.92 Å². The Morgan fingerprint density at radius 3 is 2.14 bits per heavy atom. The highest BCUT2D eigenvalue weighted by Gasteiger charge is 2.37. The predicted molar refractivity (Wildman–Crippen MR) is 107 cm³/mol. The van der Waals surface area contributed by atoms with Crippen LogP contribution in [0.5, 0.6) is 0 Å². The number of carbonyl (C=O) groups excluding carboxylic acids is 1. The van der Waals surface area contributed by atoms with Gasteiger partial charge in [0.2, 0.25) is 0 Å². The summed E-state index contributed by atoms with van der Waals surface area (Å²) in [6.07, 6.45) is 0. The fourth-order valence-electron chi connectivity index (χ4n) is 3.74. The largest absolute Gasteiger partial charge is 0.481 e. The molecule has 1 aliphatic carbocycles. The number of rotatable bonds is 6. The van der Waals surface area contributed by atoms with Crippen molar-refractivity contribution >= 4 is 23.3 Å². The molecule has 0 amide bonds. The first-order valence-electron chi connectivity index (χ1n) is 8.94. The van der Waals surface area contributed by atoms with Crippen molar-refractivity contribution in [1.29, 1.82) is 0 Å². The lowest BCUT2D eigenvalue weighted by atomic mass is 9.97. The minimum atomic E-state index is -1.44. The standard InChI is InChI=1S/C22H19NO4S/c23-20(18-10-5-11-28-18)19(21(24)25)22(26)27-12-17-15-8-3-1-6-13(15)14-7-2-4-9-16(14)17/h1-11,17,19-20H,12,23H2,(H,24,25)/t19-,20+/m1/s1. The van der Waals surface area contributed by atoms with Gasteiger partial charge in [-0.1, -0.05) is 54.6 Å². The first-order chi connectivity index (χ1) is 13.6. The van der Waals surface area contributed by atoms with E-state index in [4.69, 9.17) is 10.5 Å². The number of carboxylic acid groups (broad SMARTS) is 1. The Bertz CT molecular complexity index is 969. The van der Waals surface area contributed by atoms with E-state index in [1.165, 1.54) is 11.3 Å². The van der Waals surface area contributed by atoms with Gasteiger partial charge in [0, 0.05) is 10.8 Å². The molecule has 1 heterocycles. The Morgan fingerprint density at radius 1 is 1.00 bits per heavy atom. The molecule has 0 spiro atoms. The molecule has 0 aliphatic heterocycles. The summed E-state index contributed by atoms with van der Waals surface area (Å²) >= 11 is 1.32. The molecule has 1 aliphatic rings. The van der Waals surface area contributed by atoms with Gasteiger partial charge in [-0.3, -0.25) is 9.59 Å². The molecule has 2 aromatic carbocycles. The molecular formula is C22H19NO4S. The Morgan fingerprint density at radius 2 is 1.61 bits per heavy atom. The number of nitrogens with two attached hydrogens (primary N) is 1. The smallest absolute Gasteiger partial charge is 0.322 e. The second-order valence-electron chi connectivity index (χ2n) is 6.71. The van der Waals surface area contributed by atoms with E-state index >= 15 is 0 Å². The van der Waals surface area contributed by atoms with Crippen LogP contribution in [0.15, 0.2) is 66.0 Å². The summed E-state index contributed by atoms with van der Waals surface area (Å²) in [5.41, 5.74) is 10.4. The van der Waals surface area contributed by atoms with Crippen LogP contribution in [0.1, 0.15) is 28.0 Å². The lowest BCUT2D eigenvalue weighted by Crippen LogP contribution is -2.36. The molecule has 2 atom stereocenters. The normalized spacial score (nSPS) is 14.8. The van der Waals surface area contributed by atoms with Gasteiger partial charge in [-0.15, -0.1) is 11.3 Å². The second kappa shape index (κ2) is 7.58.